The van der Waals surface area contributed by atoms with Gasteiger partial charge in [0, 0.05) is 5.69 Å². The number of amides is 1. The lowest BCUT2D eigenvalue weighted by Gasteiger charge is -2.15. The largest absolute Gasteiger partial charge is 0.493 e. The number of nitrogens with one attached hydrogen (secondary N) is 1. The van der Waals surface area contributed by atoms with Gasteiger partial charge in [0.15, 0.2) is 17.6 Å². The van der Waals surface area contributed by atoms with Crippen molar-refractivity contribution < 1.29 is 28.2 Å². The van der Waals surface area contributed by atoms with Gasteiger partial charge < -0.3 is 19.5 Å². The van der Waals surface area contributed by atoms with Crippen LogP contribution in [0.2, 0.25) is 0 Å². The molecule has 6 nitrogen and oxygen atoms in total. The standard InChI is InChI=1S/C19H20FNO5/c1-4-25-16-9-8-13(10-17(16)24-3)19(23)26-12(2)18(22)21-15-7-5-6-14(20)11-15/h5-12H,4H2,1-3H3,(H,21,22)/t12-/m0/s1. The van der Waals surface area contributed by atoms with E-state index in [1.807, 2.05) is 6.92 Å². The predicted octanol–water partition coefficient (Wildman–Crippen LogP) is 3.42. The Balaban J connectivity index is 2.02. The lowest BCUT2D eigenvalue weighted by Crippen LogP contribution is -2.30. The highest BCUT2D eigenvalue weighted by molar-refractivity contribution is 5.97. The van der Waals surface area contributed by atoms with Crippen molar-refractivity contribution in [3.05, 3.63) is 53.8 Å². The number of anilines is 1. The normalized spacial score (nSPS) is 11.4. The van der Waals surface area contributed by atoms with Crippen LogP contribution in [-0.4, -0.2) is 31.7 Å². The van der Waals surface area contributed by atoms with Crippen LogP contribution in [0.1, 0.15) is 24.2 Å². The van der Waals surface area contributed by atoms with Crippen LogP contribution in [0.4, 0.5) is 10.1 Å². The summed E-state index contributed by atoms with van der Waals surface area (Å²) in [5.74, 6) is -0.842. The van der Waals surface area contributed by atoms with Gasteiger partial charge in [0.2, 0.25) is 0 Å². The van der Waals surface area contributed by atoms with Crippen molar-refractivity contribution >= 4 is 17.6 Å². The van der Waals surface area contributed by atoms with E-state index in [4.69, 9.17) is 14.2 Å². The van der Waals surface area contributed by atoms with Gasteiger partial charge in [0.05, 0.1) is 19.3 Å². The number of methoxy groups -OCH3 is 1. The molecule has 7 heteroatoms. The highest BCUT2D eigenvalue weighted by Gasteiger charge is 2.20. The minimum atomic E-state index is -1.07. The van der Waals surface area contributed by atoms with E-state index in [9.17, 15) is 14.0 Å². The van der Waals surface area contributed by atoms with E-state index in [1.54, 1.807) is 6.07 Å². The zero-order valence-electron chi connectivity index (χ0n) is 14.7. The Labute approximate surface area is 150 Å². The summed E-state index contributed by atoms with van der Waals surface area (Å²) in [5.41, 5.74) is 0.497. The number of benzene rings is 2. The van der Waals surface area contributed by atoms with Gasteiger partial charge in [-0.1, -0.05) is 6.07 Å². The Hall–Kier alpha value is -3.09. The molecule has 0 unspecified atom stereocenters. The monoisotopic (exact) mass is 361 g/mol. The van der Waals surface area contributed by atoms with Crippen molar-refractivity contribution in [1.29, 1.82) is 0 Å². The van der Waals surface area contributed by atoms with Crippen molar-refractivity contribution in [2.45, 2.75) is 20.0 Å². The summed E-state index contributed by atoms with van der Waals surface area (Å²) in [5, 5.41) is 2.49. The molecule has 2 aromatic carbocycles. The number of hydrogen-bond donors (Lipinski definition) is 1. The molecule has 0 aliphatic heterocycles. The molecule has 1 amide bonds. The van der Waals surface area contributed by atoms with Crippen LogP contribution in [0.25, 0.3) is 0 Å². The van der Waals surface area contributed by atoms with Crippen molar-refractivity contribution in [1.82, 2.24) is 0 Å². The summed E-state index contributed by atoms with van der Waals surface area (Å²) < 4.78 is 28.9. The molecule has 0 heterocycles. The molecular weight excluding hydrogens is 341 g/mol. The Bertz CT molecular complexity index is 793. The number of hydrogen-bond acceptors (Lipinski definition) is 5. The van der Waals surface area contributed by atoms with Crippen LogP contribution in [0, 0.1) is 5.82 Å². The first kappa shape index (κ1) is 19.2. The summed E-state index contributed by atoms with van der Waals surface area (Å²) in [4.78, 5) is 24.3. The third kappa shape index (κ3) is 4.95. The van der Waals surface area contributed by atoms with Gasteiger partial charge in [-0.25, -0.2) is 9.18 Å². The molecule has 138 valence electrons. The summed E-state index contributed by atoms with van der Waals surface area (Å²) in [7, 11) is 1.46. The highest BCUT2D eigenvalue weighted by Crippen LogP contribution is 2.28. The van der Waals surface area contributed by atoms with E-state index < -0.39 is 23.8 Å². The van der Waals surface area contributed by atoms with Gasteiger partial charge in [-0.2, -0.15) is 0 Å². The molecule has 1 atom stereocenters. The number of ether oxygens (including phenoxy) is 3. The molecule has 0 bridgehead atoms. The van der Waals surface area contributed by atoms with Gasteiger partial charge in [-0.05, 0) is 50.2 Å². The third-order valence-electron chi connectivity index (χ3n) is 3.44. The van der Waals surface area contributed by atoms with E-state index in [1.165, 1.54) is 50.4 Å². The number of carbonyl (C=O) groups excluding carboxylic acids is 2. The minimum Gasteiger partial charge on any atom is -0.493 e. The molecule has 2 aromatic rings. The molecule has 0 aliphatic rings. The first-order valence-electron chi connectivity index (χ1n) is 8.02. The van der Waals surface area contributed by atoms with Gasteiger partial charge in [0.25, 0.3) is 5.91 Å². The Morgan fingerprint density at radius 1 is 1.15 bits per heavy atom. The number of esters is 1. The Morgan fingerprint density at radius 2 is 1.92 bits per heavy atom. The SMILES string of the molecule is CCOc1ccc(C(=O)O[C@@H](C)C(=O)Nc2cccc(F)c2)cc1OC. The summed E-state index contributed by atoms with van der Waals surface area (Å²) >= 11 is 0. The second-order valence-electron chi connectivity index (χ2n) is 5.35. The molecular formula is C19H20FNO5. The van der Waals surface area contributed by atoms with Crippen molar-refractivity contribution in [2.24, 2.45) is 0 Å². The van der Waals surface area contributed by atoms with E-state index in [0.29, 0.717) is 18.1 Å². The second-order valence-corrected chi connectivity index (χ2v) is 5.35. The first-order chi connectivity index (χ1) is 12.4. The molecule has 0 aliphatic carbocycles. The maximum absolute atomic E-state index is 13.2. The number of halogens is 1. The van der Waals surface area contributed by atoms with Crippen molar-refractivity contribution in [3.8, 4) is 11.5 Å². The maximum Gasteiger partial charge on any atom is 0.339 e. The van der Waals surface area contributed by atoms with Gasteiger partial charge in [-0.15, -0.1) is 0 Å². The zero-order chi connectivity index (χ0) is 19.1. The third-order valence-corrected chi connectivity index (χ3v) is 3.44. The Morgan fingerprint density at radius 3 is 2.58 bits per heavy atom. The average Bonchev–Trinajstić information content (AvgIpc) is 2.62. The van der Waals surface area contributed by atoms with Crippen molar-refractivity contribution in [2.75, 3.05) is 19.0 Å². The van der Waals surface area contributed by atoms with Crippen LogP contribution >= 0.6 is 0 Å². The average molecular weight is 361 g/mol. The minimum absolute atomic E-state index is 0.218. The molecule has 0 aromatic heterocycles. The van der Waals surface area contributed by atoms with Crippen LogP contribution in [0.3, 0.4) is 0 Å². The fourth-order valence-electron chi connectivity index (χ4n) is 2.16. The summed E-state index contributed by atoms with van der Waals surface area (Å²) in [6.07, 6.45) is -1.07. The predicted molar refractivity (Wildman–Crippen MR) is 94.1 cm³/mol. The van der Waals surface area contributed by atoms with Gasteiger partial charge >= 0.3 is 5.97 Å². The number of rotatable bonds is 7. The lowest BCUT2D eigenvalue weighted by molar-refractivity contribution is -0.123. The highest BCUT2D eigenvalue weighted by atomic mass is 19.1. The van der Waals surface area contributed by atoms with E-state index in [-0.39, 0.29) is 11.3 Å². The quantitative estimate of drug-likeness (QED) is 0.765. The molecule has 1 N–H and O–H groups in total. The topological polar surface area (TPSA) is 73.9 Å². The van der Waals surface area contributed by atoms with Crippen LogP contribution < -0.4 is 14.8 Å². The first-order valence-corrected chi connectivity index (χ1v) is 8.02. The fraction of sp³-hybridized carbons (Fsp3) is 0.263. The molecule has 26 heavy (non-hydrogen) atoms. The van der Waals surface area contributed by atoms with Crippen LogP contribution in [0.15, 0.2) is 42.5 Å². The number of carbonyl (C=O) groups is 2. The van der Waals surface area contributed by atoms with E-state index in [0.717, 1.165) is 0 Å². The summed E-state index contributed by atoms with van der Waals surface area (Å²) in [6.45, 7) is 3.72. The van der Waals surface area contributed by atoms with Gasteiger partial charge in [-0.3, -0.25) is 4.79 Å². The van der Waals surface area contributed by atoms with Gasteiger partial charge in [0.1, 0.15) is 5.82 Å². The molecule has 0 fully saturated rings. The summed E-state index contributed by atoms with van der Waals surface area (Å²) in [6, 6.07) is 10.0. The van der Waals surface area contributed by atoms with Crippen LogP contribution in [0.5, 0.6) is 11.5 Å². The van der Waals surface area contributed by atoms with Crippen LogP contribution in [-0.2, 0) is 9.53 Å². The molecule has 0 saturated carbocycles. The smallest absolute Gasteiger partial charge is 0.339 e. The van der Waals surface area contributed by atoms with Crippen molar-refractivity contribution in [3.63, 3.8) is 0 Å². The molecule has 0 spiro atoms. The second kappa shape index (κ2) is 8.84. The maximum atomic E-state index is 13.2. The van der Waals surface area contributed by atoms with E-state index >= 15 is 0 Å². The zero-order valence-corrected chi connectivity index (χ0v) is 14.7. The molecule has 2 rings (SSSR count). The molecule has 0 radical (unpaired) electrons. The molecule has 0 saturated heterocycles. The lowest BCUT2D eigenvalue weighted by atomic mass is 10.2. The fourth-order valence-corrected chi connectivity index (χ4v) is 2.16. The van der Waals surface area contributed by atoms with E-state index in [2.05, 4.69) is 5.32 Å². The Kier molecular flexibility index (Phi) is 6.54.